The maximum atomic E-state index is 3.60. The van der Waals surface area contributed by atoms with Gasteiger partial charge in [0.15, 0.2) is 0 Å². The smallest absolute Gasteiger partial charge is 0.0390 e. The Bertz CT molecular complexity index is 1450. The quantitative estimate of drug-likeness (QED) is 0.300. The van der Waals surface area contributed by atoms with Gasteiger partial charge in [0.05, 0.1) is 0 Å². The molecule has 0 atom stereocenters. The first-order chi connectivity index (χ1) is 15.4. The second-order valence-corrected chi connectivity index (χ2v) is 8.19. The Morgan fingerprint density at radius 3 is 1.71 bits per heavy atom. The highest BCUT2D eigenvalue weighted by atomic mass is 14.9. The fraction of sp³-hybridized carbons (Fsp3) is 0.0667. The normalized spacial score (nSPS) is 13.6. The Morgan fingerprint density at radius 2 is 1.10 bits per heavy atom. The van der Waals surface area contributed by atoms with E-state index in [0.29, 0.717) is 0 Å². The van der Waals surface area contributed by atoms with Gasteiger partial charge in [-0.05, 0) is 80.6 Å². The van der Waals surface area contributed by atoms with E-state index in [2.05, 4.69) is 115 Å². The summed E-state index contributed by atoms with van der Waals surface area (Å²) in [7, 11) is 0. The molecule has 0 radical (unpaired) electrons. The summed E-state index contributed by atoms with van der Waals surface area (Å²) < 4.78 is 0. The molecular weight excluding hydrogens is 374 g/mol. The lowest BCUT2D eigenvalue weighted by Crippen LogP contribution is -1.92. The molecule has 148 valence electrons. The van der Waals surface area contributed by atoms with Crippen molar-refractivity contribution in [2.45, 2.75) is 12.8 Å². The largest absolute Gasteiger partial charge is 0.356 e. The number of benzene rings is 5. The zero-order valence-electron chi connectivity index (χ0n) is 17.3. The minimum absolute atomic E-state index is 1.11. The molecule has 0 spiro atoms. The predicted molar refractivity (Wildman–Crippen MR) is 135 cm³/mol. The summed E-state index contributed by atoms with van der Waals surface area (Å²) in [5.74, 6) is 0. The topological polar surface area (TPSA) is 12.0 Å². The predicted octanol–water partition coefficient (Wildman–Crippen LogP) is 8.62. The van der Waals surface area contributed by atoms with Crippen LogP contribution in [0.2, 0.25) is 0 Å². The summed E-state index contributed by atoms with van der Waals surface area (Å²) in [6.45, 7) is 0. The lowest BCUT2D eigenvalue weighted by atomic mass is 9.94. The van der Waals surface area contributed by atoms with Crippen LogP contribution in [0.25, 0.3) is 37.9 Å². The van der Waals surface area contributed by atoms with Crippen molar-refractivity contribution in [3.05, 3.63) is 115 Å². The molecule has 1 nitrogen and oxygen atoms in total. The maximum absolute atomic E-state index is 3.60. The summed E-state index contributed by atoms with van der Waals surface area (Å²) in [4.78, 5) is 0. The molecule has 1 heteroatoms. The van der Waals surface area contributed by atoms with Gasteiger partial charge >= 0.3 is 0 Å². The Hall–Kier alpha value is -3.84. The van der Waals surface area contributed by atoms with Gasteiger partial charge in [0, 0.05) is 11.4 Å². The van der Waals surface area contributed by atoms with Gasteiger partial charge in [0.1, 0.15) is 0 Å². The van der Waals surface area contributed by atoms with Crippen LogP contribution in [0.4, 0.5) is 11.4 Å². The second-order valence-electron chi connectivity index (χ2n) is 8.19. The summed E-state index contributed by atoms with van der Waals surface area (Å²) in [6, 6.07) is 32.9. The molecule has 0 fully saturated rings. The SMILES string of the molecule is C1=CC(c2ccc(Nc3ccc4c5ccccc5c5ccccc5c4c3)cc2)=CCC1. The summed E-state index contributed by atoms with van der Waals surface area (Å²) in [5, 5.41) is 11.4. The van der Waals surface area contributed by atoms with Gasteiger partial charge in [0.2, 0.25) is 0 Å². The van der Waals surface area contributed by atoms with Crippen molar-refractivity contribution in [3.8, 4) is 0 Å². The molecule has 0 heterocycles. The van der Waals surface area contributed by atoms with Crippen LogP contribution in [0.5, 0.6) is 0 Å². The molecule has 6 rings (SSSR count). The molecule has 0 unspecified atom stereocenters. The zero-order chi connectivity index (χ0) is 20.6. The highest BCUT2D eigenvalue weighted by Gasteiger charge is 2.09. The summed E-state index contributed by atoms with van der Waals surface area (Å²) in [6.07, 6.45) is 9.08. The highest BCUT2D eigenvalue weighted by molar-refractivity contribution is 6.25. The Labute approximate surface area is 182 Å². The van der Waals surface area contributed by atoms with Gasteiger partial charge < -0.3 is 5.32 Å². The van der Waals surface area contributed by atoms with Crippen molar-refractivity contribution < 1.29 is 0 Å². The molecule has 5 aromatic carbocycles. The van der Waals surface area contributed by atoms with Crippen LogP contribution in [-0.4, -0.2) is 0 Å². The molecule has 0 saturated carbocycles. The molecule has 5 aromatic rings. The number of anilines is 2. The molecule has 31 heavy (non-hydrogen) atoms. The highest BCUT2D eigenvalue weighted by Crippen LogP contribution is 2.36. The monoisotopic (exact) mass is 397 g/mol. The van der Waals surface area contributed by atoms with E-state index in [1.54, 1.807) is 0 Å². The number of hydrogen-bond donors (Lipinski definition) is 1. The minimum atomic E-state index is 1.11. The van der Waals surface area contributed by atoms with E-state index in [-0.39, 0.29) is 0 Å². The maximum Gasteiger partial charge on any atom is 0.0390 e. The van der Waals surface area contributed by atoms with E-state index in [1.807, 2.05) is 0 Å². The average Bonchev–Trinajstić information content (AvgIpc) is 2.85. The van der Waals surface area contributed by atoms with Gasteiger partial charge in [-0.15, -0.1) is 0 Å². The molecule has 0 saturated heterocycles. The lowest BCUT2D eigenvalue weighted by molar-refractivity contribution is 1.04. The summed E-state index contributed by atoms with van der Waals surface area (Å²) >= 11 is 0. The van der Waals surface area contributed by atoms with Crippen molar-refractivity contribution in [1.29, 1.82) is 0 Å². The Balaban J connectivity index is 1.42. The van der Waals surface area contributed by atoms with E-state index in [0.717, 1.165) is 24.2 Å². The number of allylic oxidation sites excluding steroid dienone is 4. The van der Waals surface area contributed by atoms with Crippen LogP contribution < -0.4 is 5.32 Å². The lowest BCUT2D eigenvalue weighted by Gasteiger charge is -2.13. The second kappa shape index (κ2) is 7.45. The number of nitrogens with one attached hydrogen (secondary N) is 1. The third-order valence-electron chi connectivity index (χ3n) is 6.25. The number of rotatable bonds is 3. The van der Waals surface area contributed by atoms with Crippen molar-refractivity contribution in [2.24, 2.45) is 0 Å². The molecule has 1 aliphatic carbocycles. The first kappa shape index (κ1) is 18.0. The van der Waals surface area contributed by atoms with Crippen molar-refractivity contribution >= 4 is 49.3 Å². The molecule has 1 N–H and O–H groups in total. The van der Waals surface area contributed by atoms with Gasteiger partial charge in [-0.1, -0.05) is 85.0 Å². The van der Waals surface area contributed by atoms with Crippen LogP contribution in [-0.2, 0) is 0 Å². The molecule has 0 aliphatic heterocycles. The van der Waals surface area contributed by atoms with Crippen LogP contribution in [0.15, 0.2) is 109 Å². The van der Waals surface area contributed by atoms with Crippen LogP contribution in [0, 0.1) is 0 Å². The van der Waals surface area contributed by atoms with Crippen molar-refractivity contribution in [2.75, 3.05) is 5.32 Å². The molecular formula is C30H23N. The minimum Gasteiger partial charge on any atom is -0.356 e. The first-order valence-electron chi connectivity index (χ1n) is 10.9. The molecule has 1 aliphatic rings. The van der Waals surface area contributed by atoms with Crippen LogP contribution in [0.3, 0.4) is 0 Å². The summed E-state index contributed by atoms with van der Waals surface area (Å²) in [5.41, 5.74) is 4.81. The fourth-order valence-corrected chi connectivity index (χ4v) is 4.73. The average molecular weight is 398 g/mol. The van der Waals surface area contributed by atoms with Crippen LogP contribution >= 0.6 is 0 Å². The van der Waals surface area contributed by atoms with Crippen molar-refractivity contribution in [3.63, 3.8) is 0 Å². The van der Waals surface area contributed by atoms with E-state index in [9.17, 15) is 0 Å². The van der Waals surface area contributed by atoms with E-state index in [4.69, 9.17) is 0 Å². The van der Waals surface area contributed by atoms with E-state index < -0.39 is 0 Å². The van der Waals surface area contributed by atoms with Gasteiger partial charge in [-0.3, -0.25) is 0 Å². The Morgan fingerprint density at radius 1 is 0.516 bits per heavy atom. The van der Waals surface area contributed by atoms with Crippen molar-refractivity contribution in [1.82, 2.24) is 0 Å². The standard InChI is InChI=1S/C30H23N/c1-2-8-21(9-3-1)22-14-16-23(17-15-22)31-24-18-19-29-27-12-5-4-10-25(27)26-11-6-7-13-28(26)30(29)20-24/h2,4-20,31H,1,3H2. The van der Waals surface area contributed by atoms with Crippen LogP contribution in [0.1, 0.15) is 18.4 Å². The number of hydrogen-bond acceptors (Lipinski definition) is 1. The van der Waals surface area contributed by atoms with E-state index in [1.165, 1.54) is 43.5 Å². The zero-order valence-corrected chi connectivity index (χ0v) is 17.3. The van der Waals surface area contributed by atoms with Gasteiger partial charge in [0.25, 0.3) is 0 Å². The fourth-order valence-electron chi connectivity index (χ4n) is 4.73. The molecule has 0 aromatic heterocycles. The Kier molecular flexibility index (Phi) is 4.32. The molecule has 0 bridgehead atoms. The van der Waals surface area contributed by atoms with E-state index >= 15 is 0 Å². The number of fused-ring (bicyclic) bond motifs is 6. The van der Waals surface area contributed by atoms with Gasteiger partial charge in [-0.25, -0.2) is 0 Å². The third kappa shape index (κ3) is 3.19. The first-order valence-corrected chi connectivity index (χ1v) is 10.9. The third-order valence-corrected chi connectivity index (χ3v) is 6.25. The van der Waals surface area contributed by atoms with Gasteiger partial charge in [-0.2, -0.15) is 0 Å². The molecule has 0 amide bonds.